The van der Waals surface area contributed by atoms with Crippen LogP contribution in [0, 0.1) is 0 Å². The molecule has 150 valence electrons. The topological polar surface area (TPSA) is 68.2 Å². The predicted octanol–water partition coefficient (Wildman–Crippen LogP) is 3.67. The normalized spacial score (nSPS) is 20.4. The van der Waals surface area contributed by atoms with Crippen molar-refractivity contribution in [1.82, 2.24) is 0 Å². The monoisotopic (exact) mass is 392 g/mol. The second kappa shape index (κ2) is 8.15. The Bertz CT molecular complexity index is 972. The molecule has 2 atom stereocenters. The fraction of sp³-hybridized carbons (Fsp3) is 0.250. The highest BCUT2D eigenvalue weighted by Gasteiger charge is 2.42. The molecule has 0 aromatic heterocycles. The lowest BCUT2D eigenvalue weighted by molar-refractivity contribution is -0.114. The number of ether oxygens (including phenoxy) is 3. The summed E-state index contributed by atoms with van der Waals surface area (Å²) in [5.41, 5.74) is 1.03. The smallest absolute Gasteiger partial charge is 0.161 e. The van der Waals surface area contributed by atoms with E-state index < -0.39 is 11.7 Å². The van der Waals surface area contributed by atoms with E-state index in [4.69, 9.17) is 14.2 Å². The van der Waals surface area contributed by atoms with E-state index in [0.717, 1.165) is 11.1 Å². The first kappa shape index (κ1) is 19.3. The third kappa shape index (κ3) is 4.06. The number of aliphatic hydroxyl groups excluding tert-OH is 1. The first-order valence-corrected chi connectivity index (χ1v) is 9.55. The Hall–Kier alpha value is -3.02. The van der Waals surface area contributed by atoms with E-state index in [0.29, 0.717) is 29.4 Å². The second-order valence-corrected chi connectivity index (χ2v) is 7.27. The lowest BCUT2D eigenvalue weighted by Gasteiger charge is -2.38. The molecule has 1 heterocycles. The van der Waals surface area contributed by atoms with Crippen LogP contribution in [-0.4, -0.2) is 29.5 Å². The maximum atomic E-state index is 11.1. The summed E-state index contributed by atoms with van der Waals surface area (Å²) in [6.07, 6.45) is -0.822. The fourth-order valence-electron chi connectivity index (χ4n) is 3.59. The van der Waals surface area contributed by atoms with Crippen LogP contribution in [0.4, 0.5) is 0 Å². The summed E-state index contributed by atoms with van der Waals surface area (Å²) >= 11 is 0. The summed E-state index contributed by atoms with van der Waals surface area (Å²) < 4.78 is 17.1. The van der Waals surface area contributed by atoms with E-state index >= 15 is 0 Å². The molecule has 0 radical (unpaired) electrons. The summed E-state index contributed by atoms with van der Waals surface area (Å²) in [5, 5.41) is 21.9. The molecular formula is C24H24O5. The van der Waals surface area contributed by atoms with Crippen molar-refractivity contribution in [3.8, 4) is 17.2 Å². The van der Waals surface area contributed by atoms with Crippen molar-refractivity contribution in [2.24, 2.45) is 0 Å². The van der Waals surface area contributed by atoms with Gasteiger partial charge in [0.05, 0.1) is 7.11 Å². The van der Waals surface area contributed by atoms with Crippen LogP contribution in [0.5, 0.6) is 17.2 Å². The molecule has 0 fully saturated rings. The van der Waals surface area contributed by atoms with E-state index in [9.17, 15) is 10.2 Å². The van der Waals surface area contributed by atoms with Gasteiger partial charge in [0.15, 0.2) is 11.5 Å². The molecule has 0 bridgehead atoms. The van der Waals surface area contributed by atoms with Gasteiger partial charge in [-0.15, -0.1) is 0 Å². The third-order valence-corrected chi connectivity index (χ3v) is 5.18. The Labute approximate surface area is 170 Å². The fourth-order valence-corrected chi connectivity index (χ4v) is 3.59. The van der Waals surface area contributed by atoms with Crippen molar-refractivity contribution in [3.05, 3.63) is 89.5 Å². The minimum absolute atomic E-state index is 0.0113. The van der Waals surface area contributed by atoms with Crippen LogP contribution in [0.2, 0.25) is 0 Å². The summed E-state index contributed by atoms with van der Waals surface area (Å²) in [6, 6.07) is 22.6. The molecule has 2 N–H and O–H groups in total. The van der Waals surface area contributed by atoms with Crippen molar-refractivity contribution in [2.45, 2.75) is 24.7 Å². The number of methoxy groups -OCH3 is 1. The number of para-hydroxylation sites is 1. The summed E-state index contributed by atoms with van der Waals surface area (Å²) in [6.45, 7) is 0.418. The molecule has 4 rings (SSSR count). The molecule has 1 aliphatic heterocycles. The van der Waals surface area contributed by atoms with Crippen molar-refractivity contribution in [1.29, 1.82) is 0 Å². The molecule has 5 heteroatoms. The average Bonchev–Trinajstić information content (AvgIpc) is 2.76. The van der Waals surface area contributed by atoms with Gasteiger partial charge in [0.1, 0.15) is 30.7 Å². The Morgan fingerprint density at radius 2 is 1.72 bits per heavy atom. The molecule has 0 spiro atoms. The molecule has 0 aliphatic carbocycles. The zero-order valence-electron chi connectivity index (χ0n) is 16.2. The van der Waals surface area contributed by atoms with Gasteiger partial charge in [0, 0.05) is 12.0 Å². The highest BCUT2D eigenvalue weighted by molar-refractivity contribution is 5.44. The second-order valence-electron chi connectivity index (χ2n) is 7.27. The number of hydrogen-bond donors (Lipinski definition) is 2. The zero-order chi connectivity index (χ0) is 20.3. The first-order valence-electron chi connectivity index (χ1n) is 9.55. The van der Waals surface area contributed by atoms with Crippen LogP contribution in [0.25, 0.3) is 0 Å². The third-order valence-electron chi connectivity index (χ3n) is 5.18. The molecular weight excluding hydrogens is 368 g/mol. The van der Waals surface area contributed by atoms with Gasteiger partial charge in [-0.3, -0.25) is 0 Å². The Morgan fingerprint density at radius 1 is 0.966 bits per heavy atom. The standard InChI is InChI=1S/C24H24O5/c1-27-21-12-11-18(13-22(21)28-15-17-7-3-2-4-8-17)14-24(26)16-29-20-10-6-5-9-19(20)23(24)25/h2-13,23,25-26H,14-16H2,1H3. The molecule has 3 aromatic carbocycles. The summed E-state index contributed by atoms with van der Waals surface area (Å²) in [4.78, 5) is 0. The molecule has 3 aromatic rings. The average molecular weight is 392 g/mol. The minimum atomic E-state index is -1.43. The van der Waals surface area contributed by atoms with E-state index in [2.05, 4.69) is 0 Å². The molecule has 2 unspecified atom stereocenters. The largest absolute Gasteiger partial charge is 0.493 e. The molecule has 1 aliphatic rings. The van der Waals surface area contributed by atoms with Crippen molar-refractivity contribution in [2.75, 3.05) is 13.7 Å². The van der Waals surface area contributed by atoms with Gasteiger partial charge < -0.3 is 24.4 Å². The van der Waals surface area contributed by atoms with Gasteiger partial charge >= 0.3 is 0 Å². The lowest BCUT2D eigenvalue weighted by atomic mass is 9.84. The van der Waals surface area contributed by atoms with Gasteiger partial charge in [-0.1, -0.05) is 54.6 Å². The SMILES string of the molecule is COc1ccc(CC2(O)COc3ccccc3C2O)cc1OCc1ccccc1. The van der Waals surface area contributed by atoms with E-state index in [1.165, 1.54) is 0 Å². The maximum Gasteiger partial charge on any atom is 0.161 e. The van der Waals surface area contributed by atoms with Gasteiger partial charge in [-0.2, -0.15) is 0 Å². The summed E-state index contributed by atoms with van der Waals surface area (Å²) in [7, 11) is 1.59. The Kier molecular flexibility index (Phi) is 5.43. The Balaban J connectivity index is 1.54. The van der Waals surface area contributed by atoms with Crippen molar-refractivity contribution in [3.63, 3.8) is 0 Å². The van der Waals surface area contributed by atoms with Crippen LogP contribution in [0.15, 0.2) is 72.8 Å². The number of fused-ring (bicyclic) bond motifs is 1. The van der Waals surface area contributed by atoms with Gasteiger partial charge in [-0.05, 0) is 29.3 Å². The van der Waals surface area contributed by atoms with Gasteiger partial charge in [0.25, 0.3) is 0 Å². The molecule has 0 amide bonds. The number of rotatable bonds is 6. The van der Waals surface area contributed by atoms with Crippen LogP contribution in [0.3, 0.4) is 0 Å². The number of aliphatic hydroxyl groups is 2. The van der Waals surface area contributed by atoms with Gasteiger partial charge in [0.2, 0.25) is 0 Å². The van der Waals surface area contributed by atoms with Crippen molar-refractivity contribution >= 4 is 0 Å². The zero-order valence-corrected chi connectivity index (χ0v) is 16.2. The Morgan fingerprint density at radius 3 is 2.52 bits per heavy atom. The first-order chi connectivity index (χ1) is 14.1. The number of hydrogen-bond acceptors (Lipinski definition) is 5. The molecule has 0 saturated carbocycles. The maximum absolute atomic E-state index is 11.1. The predicted molar refractivity (Wildman–Crippen MR) is 109 cm³/mol. The van der Waals surface area contributed by atoms with E-state index in [1.807, 2.05) is 60.7 Å². The molecule has 5 nitrogen and oxygen atoms in total. The lowest BCUT2D eigenvalue weighted by Crippen LogP contribution is -2.47. The highest BCUT2D eigenvalue weighted by Crippen LogP contribution is 2.40. The van der Waals surface area contributed by atoms with E-state index in [-0.39, 0.29) is 13.0 Å². The van der Waals surface area contributed by atoms with Crippen LogP contribution >= 0.6 is 0 Å². The molecule has 0 saturated heterocycles. The highest BCUT2D eigenvalue weighted by atomic mass is 16.5. The van der Waals surface area contributed by atoms with Crippen molar-refractivity contribution < 1.29 is 24.4 Å². The van der Waals surface area contributed by atoms with Crippen LogP contribution in [0.1, 0.15) is 22.8 Å². The van der Waals surface area contributed by atoms with Crippen LogP contribution in [-0.2, 0) is 13.0 Å². The molecule has 29 heavy (non-hydrogen) atoms. The number of benzene rings is 3. The minimum Gasteiger partial charge on any atom is -0.493 e. The van der Waals surface area contributed by atoms with Gasteiger partial charge in [-0.25, -0.2) is 0 Å². The van der Waals surface area contributed by atoms with Crippen LogP contribution < -0.4 is 14.2 Å². The summed E-state index contributed by atoms with van der Waals surface area (Å²) in [5.74, 6) is 1.80. The quantitative estimate of drug-likeness (QED) is 0.670. The van der Waals surface area contributed by atoms with E-state index in [1.54, 1.807) is 19.2 Å².